The van der Waals surface area contributed by atoms with Gasteiger partial charge in [0, 0.05) is 26.0 Å². The van der Waals surface area contributed by atoms with E-state index >= 15 is 0 Å². The number of hydrogen-bond acceptors (Lipinski definition) is 7. The van der Waals surface area contributed by atoms with Gasteiger partial charge in [-0.3, -0.25) is 0 Å². The second-order valence-electron chi connectivity index (χ2n) is 6.01. The summed E-state index contributed by atoms with van der Waals surface area (Å²) in [6.45, 7) is 0.250. The molecule has 2 aliphatic rings. The first-order valence-electron chi connectivity index (χ1n) is 7.62. The Hall–Kier alpha value is -1.000. The Balaban J connectivity index is 1.68. The highest BCUT2D eigenvalue weighted by Crippen LogP contribution is 2.42. The van der Waals surface area contributed by atoms with Gasteiger partial charge >= 0.3 is 0 Å². The highest BCUT2D eigenvalue weighted by Gasteiger charge is 2.45. The van der Waals surface area contributed by atoms with Gasteiger partial charge in [0.05, 0.1) is 10.4 Å². The third-order valence-corrected chi connectivity index (χ3v) is 7.92. The lowest BCUT2D eigenvalue weighted by Gasteiger charge is -2.20. The zero-order valence-electron chi connectivity index (χ0n) is 12.9. The van der Waals surface area contributed by atoms with Crippen molar-refractivity contribution >= 4 is 33.0 Å². The summed E-state index contributed by atoms with van der Waals surface area (Å²) in [7, 11) is -2.12. The van der Waals surface area contributed by atoms with Gasteiger partial charge in [-0.15, -0.1) is 11.3 Å². The monoisotopic (exact) mass is 389 g/mol. The maximum Gasteiger partial charge on any atom is 0.253 e. The average Bonchev–Trinajstić information content (AvgIpc) is 2.99. The van der Waals surface area contributed by atoms with Crippen LogP contribution in [-0.4, -0.2) is 42.6 Å². The van der Waals surface area contributed by atoms with Gasteiger partial charge in [-0.1, -0.05) is 16.8 Å². The van der Waals surface area contributed by atoms with E-state index in [2.05, 4.69) is 10.1 Å². The van der Waals surface area contributed by atoms with Crippen molar-refractivity contribution in [1.29, 1.82) is 0 Å². The minimum absolute atomic E-state index is 0.205. The number of rotatable bonds is 5. The quantitative estimate of drug-likeness (QED) is 0.781. The van der Waals surface area contributed by atoms with Gasteiger partial charge in [-0.25, -0.2) is 8.42 Å². The summed E-state index contributed by atoms with van der Waals surface area (Å²) in [6, 6.07) is 2.58. The summed E-state index contributed by atoms with van der Waals surface area (Å²) in [6.07, 6.45) is 2.39. The standard InChI is InChI=1S/C14H16ClN3O4S2/c1-21-9-6-10(14-16-13(17-22-14)8-2-3-8)18(7-9)24(19,20)12-5-4-11(15)23-12/h4-5,8-10H,2-3,6-7H2,1H3/t9-,10+/m0/s1. The Morgan fingerprint density at radius 2 is 2.21 bits per heavy atom. The van der Waals surface area contributed by atoms with Crippen LogP contribution in [0.2, 0.25) is 4.34 Å². The van der Waals surface area contributed by atoms with Crippen LogP contribution in [0, 0.1) is 0 Å². The van der Waals surface area contributed by atoms with Gasteiger partial charge in [-0.2, -0.15) is 9.29 Å². The molecule has 1 aliphatic heterocycles. The molecule has 1 saturated heterocycles. The first kappa shape index (κ1) is 16.5. The van der Waals surface area contributed by atoms with Crippen LogP contribution in [-0.2, 0) is 14.8 Å². The lowest BCUT2D eigenvalue weighted by atomic mass is 10.2. The molecule has 1 saturated carbocycles. The molecule has 2 aromatic rings. The van der Waals surface area contributed by atoms with Crippen LogP contribution in [0.1, 0.15) is 42.9 Å². The second-order valence-corrected chi connectivity index (χ2v) is 9.84. The summed E-state index contributed by atoms with van der Waals surface area (Å²) in [4.78, 5) is 4.42. The first-order valence-corrected chi connectivity index (χ1v) is 10.3. The molecule has 7 nitrogen and oxygen atoms in total. The van der Waals surface area contributed by atoms with Crippen molar-refractivity contribution in [3.63, 3.8) is 0 Å². The van der Waals surface area contributed by atoms with E-state index < -0.39 is 16.1 Å². The van der Waals surface area contributed by atoms with Gasteiger partial charge in [0.25, 0.3) is 10.0 Å². The first-order chi connectivity index (χ1) is 11.5. The van der Waals surface area contributed by atoms with Crippen LogP contribution < -0.4 is 0 Å². The predicted molar refractivity (Wildman–Crippen MR) is 87.6 cm³/mol. The van der Waals surface area contributed by atoms with Gasteiger partial charge in [0.2, 0.25) is 5.89 Å². The third-order valence-electron chi connectivity index (χ3n) is 4.35. The Morgan fingerprint density at radius 3 is 2.83 bits per heavy atom. The van der Waals surface area contributed by atoms with Gasteiger partial charge in [-0.05, 0) is 25.0 Å². The number of methoxy groups -OCH3 is 1. The molecule has 10 heteroatoms. The number of ether oxygens (including phenoxy) is 1. The van der Waals surface area contributed by atoms with Crippen LogP contribution in [0.4, 0.5) is 0 Å². The topological polar surface area (TPSA) is 85.5 Å². The molecule has 0 aromatic carbocycles. The summed E-state index contributed by atoms with van der Waals surface area (Å²) in [5.74, 6) is 1.35. The Bertz CT molecular complexity index is 846. The molecule has 2 fully saturated rings. The zero-order valence-corrected chi connectivity index (χ0v) is 15.3. The molecule has 2 atom stereocenters. The fraction of sp³-hybridized carbons (Fsp3) is 0.571. The Kier molecular flexibility index (Phi) is 4.16. The van der Waals surface area contributed by atoms with Crippen molar-refractivity contribution in [2.24, 2.45) is 0 Å². The highest BCUT2D eigenvalue weighted by atomic mass is 35.5. The van der Waals surface area contributed by atoms with E-state index in [0.29, 0.717) is 28.4 Å². The molecule has 3 heterocycles. The Morgan fingerprint density at radius 1 is 1.42 bits per heavy atom. The second kappa shape index (κ2) is 6.06. The molecule has 1 aliphatic carbocycles. The van der Waals surface area contributed by atoms with E-state index in [-0.39, 0.29) is 16.9 Å². The van der Waals surface area contributed by atoms with Crippen LogP contribution in [0.3, 0.4) is 0 Å². The fourth-order valence-electron chi connectivity index (χ4n) is 2.87. The van der Waals surface area contributed by atoms with Crippen LogP contribution >= 0.6 is 22.9 Å². The van der Waals surface area contributed by atoms with E-state index in [1.165, 1.54) is 10.4 Å². The van der Waals surface area contributed by atoms with Crippen molar-refractivity contribution in [2.45, 2.75) is 41.5 Å². The van der Waals surface area contributed by atoms with Crippen LogP contribution in [0.15, 0.2) is 20.9 Å². The average molecular weight is 390 g/mol. The van der Waals surface area contributed by atoms with E-state index in [1.807, 2.05) is 0 Å². The summed E-state index contributed by atoms with van der Waals surface area (Å²) in [5, 5.41) is 4.00. The smallest absolute Gasteiger partial charge is 0.253 e. The molecule has 4 rings (SSSR count). The molecule has 0 N–H and O–H groups in total. The summed E-state index contributed by atoms with van der Waals surface area (Å²) < 4.78 is 38.7. The molecule has 0 radical (unpaired) electrons. The molecule has 2 aromatic heterocycles. The minimum Gasteiger partial charge on any atom is -0.380 e. The number of thiophene rings is 1. The minimum atomic E-state index is -3.69. The summed E-state index contributed by atoms with van der Waals surface area (Å²) in [5.41, 5.74) is 0. The van der Waals surface area contributed by atoms with E-state index in [0.717, 1.165) is 24.2 Å². The number of aromatic nitrogens is 2. The van der Waals surface area contributed by atoms with Gasteiger partial charge in [0.15, 0.2) is 5.82 Å². The number of nitrogens with zero attached hydrogens (tertiary/aromatic N) is 3. The van der Waals surface area contributed by atoms with Gasteiger partial charge in [0.1, 0.15) is 10.3 Å². The van der Waals surface area contributed by atoms with Crippen molar-refractivity contribution in [3.8, 4) is 0 Å². The molecule has 0 bridgehead atoms. The number of halogens is 1. The zero-order chi connectivity index (χ0) is 16.9. The van der Waals surface area contributed by atoms with Crippen molar-refractivity contribution in [3.05, 3.63) is 28.2 Å². The number of hydrogen-bond donors (Lipinski definition) is 0. The molecular weight excluding hydrogens is 374 g/mol. The van der Waals surface area contributed by atoms with Crippen LogP contribution in [0.5, 0.6) is 0 Å². The van der Waals surface area contributed by atoms with Crippen molar-refractivity contribution in [2.75, 3.05) is 13.7 Å². The molecular formula is C14H16ClN3O4S2. The molecule has 0 amide bonds. The summed E-state index contributed by atoms with van der Waals surface area (Å²) >= 11 is 6.93. The van der Waals surface area contributed by atoms with Crippen molar-refractivity contribution in [1.82, 2.24) is 14.4 Å². The SMILES string of the molecule is CO[C@H]1C[C@H](c2nc(C3CC3)no2)N(S(=O)(=O)c2ccc(Cl)s2)C1. The molecule has 0 spiro atoms. The maximum absolute atomic E-state index is 13.0. The normalized spacial score (nSPS) is 25.4. The van der Waals surface area contributed by atoms with Crippen molar-refractivity contribution < 1.29 is 17.7 Å². The lowest BCUT2D eigenvalue weighted by Crippen LogP contribution is -2.31. The van der Waals surface area contributed by atoms with E-state index in [4.69, 9.17) is 20.9 Å². The fourth-order valence-corrected chi connectivity index (χ4v) is 6.11. The third kappa shape index (κ3) is 2.88. The molecule has 24 heavy (non-hydrogen) atoms. The Labute approximate surface area is 148 Å². The van der Waals surface area contributed by atoms with Gasteiger partial charge < -0.3 is 9.26 Å². The maximum atomic E-state index is 13.0. The van der Waals surface area contributed by atoms with E-state index in [9.17, 15) is 8.42 Å². The van der Waals surface area contributed by atoms with E-state index in [1.54, 1.807) is 13.2 Å². The highest BCUT2D eigenvalue weighted by molar-refractivity contribution is 7.91. The molecule has 0 unspecified atom stereocenters. The lowest BCUT2D eigenvalue weighted by molar-refractivity contribution is 0.114. The number of sulfonamides is 1. The predicted octanol–water partition coefficient (Wildman–Crippen LogP) is 2.81. The molecule has 130 valence electrons. The largest absolute Gasteiger partial charge is 0.380 e. The van der Waals surface area contributed by atoms with Crippen LogP contribution in [0.25, 0.3) is 0 Å².